The molecule has 4 rings (SSSR count). The fourth-order valence-electron chi connectivity index (χ4n) is 7.55. The Balaban J connectivity index is 1.45. The van der Waals surface area contributed by atoms with Crippen molar-refractivity contribution in [3.05, 3.63) is 48.6 Å². The summed E-state index contributed by atoms with van der Waals surface area (Å²) in [5, 5.41) is 7.86. The molecule has 274 valence electrons. The SMILES string of the molecule is C=CCC(NC(=O)C1C2C(CN1C(=O)C(NC(=O)OC(C)(C)C)C1CCCCC1)C2(C)C)C(=O)C(=O)NCC(=O)OC(C)(C)c1ccccc1. The number of carbonyl (C=O) groups excluding carboxylic acids is 6. The van der Waals surface area contributed by atoms with E-state index in [9.17, 15) is 28.8 Å². The van der Waals surface area contributed by atoms with Gasteiger partial charge in [0.1, 0.15) is 35.9 Å². The molecule has 3 N–H and O–H groups in total. The van der Waals surface area contributed by atoms with Crippen molar-refractivity contribution in [1.29, 1.82) is 0 Å². The highest BCUT2D eigenvalue weighted by molar-refractivity contribution is 6.38. The highest BCUT2D eigenvalue weighted by Crippen LogP contribution is 2.65. The van der Waals surface area contributed by atoms with E-state index >= 15 is 0 Å². The van der Waals surface area contributed by atoms with Crippen LogP contribution in [0, 0.1) is 23.2 Å². The minimum absolute atomic E-state index is 0.0491. The molecule has 2 aliphatic carbocycles. The first-order chi connectivity index (χ1) is 23.4. The molecular weight excluding hydrogens is 640 g/mol. The van der Waals surface area contributed by atoms with E-state index in [-0.39, 0.29) is 35.5 Å². The summed E-state index contributed by atoms with van der Waals surface area (Å²) in [6, 6.07) is 6.06. The number of hydrogen-bond acceptors (Lipinski definition) is 8. The van der Waals surface area contributed by atoms with Crippen molar-refractivity contribution in [3.63, 3.8) is 0 Å². The summed E-state index contributed by atoms with van der Waals surface area (Å²) in [6.07, 6.45) is 5.11. The second-order valence-corrected chi connectivity index (χ2v) is 15.9. The molecular formula is C38H54N4O8. The molecule has 2 saturated carbocycles. The molecule has 0 aromatic heterocycles. The molecule has 0 spiro atoms. The second-order valence-electron chi connectivity index (χ2n) is 15.9. The van der Waals surface area contributed by atoms with Crippen molar-refractivity contribution in [2.24, 2.45) is 23.2 Å². The number of ketones is 1. The predicted octanol–water partition coefficient (Wildman–Crippen LogP) is 4.17. The quantitative estimate of drug-likeness (QED) is 0.158. The molecule has 5 atom stereocenters. The van der Waals surface area contributed by atoms with Crippen LogP contribution in [0.1, 0.15) is 92.6 Å². The van der Waals surface area contributed by atoms with Gasteiger partial charge in [-0.2, -0.15) is 0 Å². The molecule has 1 aromatic rings. The van der Waals surface area contributed by atoms with E-state index in [2.05, 4.69) is 22.5 Å². The molecule has 1 aromatic carbocycles. The maximum absolute atomic E-state index is 14.3. The van der Waals surface area contributed by atoms with Gasteiger partial charge in [-0.1, -0.05) is 69.5 Å². The Bertz CT molecular complexity index is 1460. The van der Waals surface area contributed by atoms with Gasteiger partial charge in [-0.3, -0.25) is 24.0 Å². The van der Waals surface area contributed by atoms with Gasteiger partial charge in [0.05, 0.1) is 0 Å². The molecule has 3 fully saturated rings. The molecule has 12 heteroatoms. The number of likely N-dealkylation sites (tertiary alicyclic amines) is 1. The fraction of sp³-hybridized carbons (Fsp3) is 0.632. The zero-order valence-electron chi connectivity index (χ0n) is 30.5. The maximum atomic E-state index is 14.3. The van der Waals surface area contributed by atoms with E-state index in [0.717, 1.165) is 37.7 Å². The minimum Gasteiger partial charge on any atom is -0.453 e. The molecule has 3 aliphatic rings. The molecule has 0 bridgehead atoms. The largest absolute Gasteiger partial charge is 0.453 e. The topological polar surface area (TPSA) is 160 Å². The van der Waals surface area contributed by atoms with Gasteiger partial charge in [-0.15, -0.1) is 6.58 Å². The molecule has 1 heterocycles. The van der Waals surface area contributed by atoms with Gasteiger partial charge >= 0.3 is 12.1 Å². The Hall–Kier alpha value is -4.22. The highest BCUT2D eigenvalue weighted by Gasteiger charge is 2.69. The highest BCUT2D eigenvalue weighted by atomic mass is 16.6. The monoisotopic (exact) mass is 694 g/mol. The van der Waals surface area contributed by atoms with Crippen molar-refractivity contribution in [2.45, 2.75) is 116 Å². The lowest BCUT2D eigenvalue weighted by Gasteiger charge is -2.37. The number of piperidine rings is 1. The van der Waals surface area contributed by atoms with E-state index in [1.54, 1.807) is 34.6 Å². The summed E-state index contributed by atoms with van der Waals surface area (Å²) < 4.78 is 11.1. The first kappa shape index (κ1) is 38.6. The Kier molecular flexibility index (Phi) is 11.8. The Morgan fingerprint density at radius 2 is 1.60 bits per heavy atom. The Morgan fingerprint density at radius 1 is 0.960 bits per heavy atom. The zero-order valence-corrected chi connectivity index (χ0v) is 30.5. The summed E-state index contributed by atoms with van der Waals surface area (Å²) in [5.74, 6) is -3.90. The number of rotatable bonds is 13. The third-order valence-corrected chi connectivity index (χ3v) is 10.3. The lowest BCUT2D eigenvalue weighted by molar-refractivity contribution is -0.157. The lowest BCUT2D eigenvalue weighted by atomic mass is 9.83. The molecule has 12 nitrogen and oxygen atoms in total. The van der Waals surface area contributed by atoms with Crippen LogP contribution in [0.15, 0.2) is 43.0 Å². The van der Waals surface area contributed by atoms with Gasteiger partial charge in [0.15, 0.2) is 0 Å². The predicted molar refractivity (Wildman–Crippen MR) is 186 cm³/mol. The van der Waals surface area contributed by atoms with Crippen LogP contribution in [-0.4, -0.2) is 77.3 Å². The van der Waals surface area contributed by atoms with Crippen LogP contribution in [0.2, 0.25) is 0 Å². The number of nitrogens with zero attached hydrogens (tertiary/aromatic N) is 1. The number of Topliss-reactive ketones (excluding diaryl/α,β-unsaturated/α-hetero) is 1. The number of hydrogen-bond donors (Lipinski definition) is 3. The van der Waals surface area contributed by atoms with E-state index in [1.807, 2.05) is 44.2 Å². The summed E-state index contributed by atoms with van der Waals surface area (Å²) in [4.78, 5) is 81.7. The minimum atomic E-state index is -1.27. The smallest absolute Gasteiger partial charge is 0.408 e. The second kappa shape index (κ2) is 15.3. The Morgan fingerprint density at radius 3 is 2.20 bits per heavy atom. The van der Waals surface area contributed by atoms with Crippen LogP contribution < -0.4 is 16.0 Å². The van der Waals surface area contributed by atoms with Crippen LogP contribution >= 0.6 is 0 Å². The first-order valence-electron chi connectivity index (χ1n) is 17.7. The van der Waals surface area contributed by atoms with E-state index < -0.39 is 65.5 Å². The maximum Gasteiger partial charge on any atom is 0.408 e. The fourth-order valence-corrected chi connectivity index (χ4v) is 7.55. The average Bonchev–Trinajstić information content (AvgIpc) is 3.36. The van der Waals surface area contributed by atoms with Gasteiger partial charge in [-0.25, -0.2) is 4.79 Å². The molecule has 4 amide bonds. The third kappa shape index (κ3) is 9.11. The van der Waals surface area contributed by atoms with Crippen LogP contribution in [0.25, 0.3) is 0 Å². The van der Waals surface area contributed by atoms with E-state index in [4.69, 9.17) is 9.47 Å². The number of esters is 1. The lowest BCUT2D eigenvalue weighted by Crippen LogP contribution is -2.60. The van der Waals surface area contributed by atoms with Crippen LogP contribution in [0.5, 0.6) is 0 Å². The summed E-state index contributed by atoms with van der Waals surface area (Å²) in [5.41, 5.74) is -1.19. The number of carbonyl (C=O) groups is 6. The van der Waals surface area contributed by atoms with Crippen molar-refractivity contribution in [3.8, 4) is 0 Å². The number of fused-ring (bicyclic) bond motifs is 1. The van der Waals surface area contributed by atoms with E-state index in [0.29, 0.717) is 6.54 Å². The summed E-state index contributed by atoms with van der Waals surface area (Å²) >= 11 is 0. The molecule has 0 radical (unpaired) electrons. The van der Waals surface area contributed by atoms with Gasteiger partial charge in [-0.05, 0) is 82.6 Å². The molecule has 5 unspecified atom stereocenters. The number of alkyl carbamates (subject to hydrolysis) is 1. The third-order valence-electron chi connectivity index (χ3n) is 10.3. The first-order valence-corrected chi connectivity index (χ1v) is 17.7. The van der Waals surface area contributed by atoms with Gasteiger partial charge in [0, 0.05) is 6.54 Å². The van der Waals surface area contributed by atoms with Crippen LogP contribution in [0.3, 0.4) is 0 Å². The molecule has 1 saturated heterocycles. The molecule has 1 aliphatic heterocycles. The van der Waals surface area contributed by atoms with Crippen molar-refractivity contribution >= 4 is 35.6 Å². The average molecular weight is 695 g/mol. The standard InChI is InChI=1S/C38H54N4O8/c1-9-16-26(31(44)33(46)39-21-27(43)49-38(7,8)24-19-14-11-15-20-24)40-32(45)30-28-25(37(28,5)6)22-42(30)34(47)29(23-17-12-10-13-18-23)41-35(48)50-36(2,3)4/h9,11,14-15,19-20,23,25-26,28-30H,1,10,12-13,16-18,21-22H2,2-8H3,(H,39,46)(H,40,45)(H,41,48). The number of nitrogens with one attached hydrogen (secondary N) is 3. The molecule has 50 heavy (non-hydrogen) atoms. The van der Waals surface area contributed by atoms with Crippen molar-refractivity contribution < 1.29 is 38.2 Å². The van der Waals surface area contributed by atoms with Crippen molar-refractivity contribution in [1.82, 2.24) is 20.9 Å². The number of ether oxygens (including phenoxy) is 2. The normalized spacial score (nSPS) is 22.6. The van der Waals surface area contributed by atoms with Gasteiger partial charge < -0.3 is 30.3 Å². The zero-order chi connectivity index (χ0) is 37.0. The van der Waals surface area contributed by atoms with Crippen LogP contribution in [0.4, 0.5) is 4.79 Å². The summed E-state index contributed by atoms with van der Waals surface area (Å²) in [6.45, 7) is 16.2. The number of benzene rings is 1. The van der Waals surface area contributed by atoms with E-state index in [1.165, 1.54) is 11.0 Å². The summed E-state index contributed by atoms with van der Waals surface area (Å²) in [7, 11) is 0. The van der Waals surface area contributed by atoms with Crippen molar-refractivity contribution in [2.75, 3.05) is 13.1 Å². The van der Waals surface area contributed by atoms with Crippen LogP contribution in [-0.2, 0) is 39.0 Å². The number of amides is 4. The van der Waals surface area contributed by atoms with Gasteiger partial charge in [0.2, 0.25) is 17.6 Å². The Labute approximate surface area is 295 Å². The van der Waals surface area contributed by atoms with Gasteiger partial charge in [0.25, 0.3) is 5.91 Å².